The van der Waals surface area contributed by atoms with Crippen LogP contribution in [-0.4, -0.2) is 68.5 Å². The number of phenols is 1. The summed E-state index contributed by atoms with van der Waals surface area (Å²) in [4.78, 5) is 40.7. The minimum absolute atomic E-state index is 0.0331. The summed E-state index contributed by atoms with van der Waals surface area (Å²) in [7, 11) is 3.20. The number of likely N-dealkylation sites (N-methyl/N-ethyl adjacent to an activating group) is 1. The Morgan fingerprint density at radius 2 is 1.74 bits per heavy atom. The lowest BCUT2D eigenvalue weighted by Crippen LogP contribution is -2.64. The van der Waals surface area contributed by atoms with Crippen LogP contribution in [-0.2, 0) is 15.0 Å². The maximum atomic E-state index is 13.8. The lowest BCUT2D eigenvalue weighted by Gasteiger charge is -2.51. The van der Waals surface area contributed by atoms with Crippen molar-refractivity contribution in [2.45, 2.75) is 57.1 Å². The van der Waals surface area contributed by atoms with Crippen molar-refractivity contribution in [3.05, 3.63) is 51.5 Å². The van der Waals surface area contributed by atoms with Crippen molar-refractivity contribution < 1.29 is 34.8 Å². The predicted octanol–water partition coefficient (Wildman–Crippen LogP) is 1.98. The summed E-state index contributed by atoms with van der Waals surface area (Å²) < 4.78 is 0. The van der Waals surface area contributed by atoms with Gasteiger partial charge in [0.15, 0.2) is 11.4 Å². The van der Waals surface area contributed by atoms with E-state index in [0.29, 0.717) is 11.1 Å². The molecule has 0 radical (unpaired) electrons. The number of aromatic hydroxyl groups is 1. The number of fused-ring (bicyclic) bond motifs is 3. The normalized spacial score (nSPS) is 30.9. The van der Waals surface area contributed by atoms with Gasteiger partial charge in [-0.3, -0.25) is 19.3 Å². The van der Waals surface area contributed by atoms with Crippen molar-refractivity contribution in [3.8, 4) is 5.75 Å². The molecule has 0 bridgehead atoms. The standard InChI is InChI=1S/C26H32N2O7/c1-10-11-7-8-13(25(2,3)4)19(29)15(11)20(30)16-12(10)9-14-18(28(5)6)21(31)17(24(27)34)23(33)26(14,35)22(16)32/h7-8,10,12,14,18,29,31-32,35H,9H2,1-6H3,(H2,27,34). The van der Waals surface area contributed by atoms with Crippen molar-refractivity contribution >= 4 is 17.5 Å². The Kier molecular flexibility index (Phi) is 5.46. The first-order valence-electron chi connectivity index (χ1n) is 11.6. The topological polar surface area (TPSA) is 161 Å². The Hall–Kier alpha value is -3.17. The third-order valence-electron chi connectivity index (χ3n) is 7.91. The first-order chi connectivity index (χ1) is 16.1. The van der Waals surface area contributed by atoms with Gasteiger partial charge in [0.2, 0.25) is 5.78 Å². The van der Waals surface area contributed by atoms with E-state index in [-0.39, 0.29) is 29.2 Å². The molecule has 3 aliphatic carbocycles. The van der Waals surface area contributed by atoms with Crippen LogP contribution in [0.25, 0.3) is 0 Å². The lowest BCUT2D eigenvalue weighted by atomic mass is 9.56. The molecule has 5 atom stereocenters. The molecule has 0 fully saturated rings. The number of benzene rings is 1. The minimum Gasteiger partial charge on any atom is -0.510 e. The first-order valence-corrected chi connectivity index (χ1v) is 11.6. The Bertz CT molecular complexity index is 1240. The Morgan fingerprint density at radius 3 is 2.26 bits per heavy atom. The summed E-state index contributed by atoms with van der Waals surface area (Å²) in [5, 5.41) is 44.9. The summed E-state index contributed by atoms with van der Waals surface area (Å²) >= 11 is 0. The molecule has 4 rings (SSSR count). The molecule has 0 spiro atoms. The van der Waals surface area contributed by atoms with Gasteiger partial charge in [-0.25, -0.2) is 0 Å². The highest BCUT2D eigenvalue weighted by molar-refractivity contribution is 6.24. The molecule has 0 saturated carbocycles. The number of phenolic OH excluding ortho intramolecular Hbond substituents is 1. The number of ketones is 2. The van der Waals surface area contributed by atoms with Crippen LogP contribution in [0.5, 0.6) is 5.75 Å². The zero-order chi connectivity index (χ0) is 26.4. The van der Waals surface area contributed by atoms with Crippen LogP contribution >= 0.6 is 0 Å². The van der Waals surface area contributed by atoms with E-state index in [1.807, 2.05) is 27.7 Å². The third-order valence-corrected chi connectivity index (χ3v) is 7.91. The molecule has 9 heteroatoms. The molecule has 1 amide bonds. The summed E-state index contributed by atoms with van der Waals surface area (Å²) in [6.45, 7) is 7.53. The molecule has 0 heterocycles. The summed E-state index contributed by atoms with van der Waals surface area (Å²) in [6.07, 6.45) is 0.0642. The number of Topliss-reactive ketones (excluding diaryl/α,β-unsaturated/α-hetero) is 2. The van der Waals surface area contributed by atoms with E-state index in [1.165, 1.54) is 4.90 Å². The van der Waals surface area contributed by atoms with Crippen LogP contribution in [0.2, 0.25) is 0 Å². The number of rotatable bonds is 2. The van der Waals surface area contributed by atoms with Gasteiger partial charge in [-0.15, -0.1) is 0 Å². The number of hydrogen-bond donors (Lipinski definition) is 5. The van der Waals surface area contributed by atoms with Crippen LogP contribution < -0.4 is 5.73 Å². The average molecular weight is 485 g/mol. The molecule has 0 aliphatic heterocycles. The van der Waals surface area contributed by atoms with Gasteiger partial charge in [0.25, 0.3) is 5.91 Å². The van der Waals surface area contributed by atoms with Crippen molar-refractivity contribution in [1.82, 2.24) is 4.90 Å². The SMILES string of the molecule is CC1c2ccc(C(C)(C)C)c(O)c2C(=O)C2=C(O)C3(O)C(=O)C(C(N)=O)=C(O)C(N(C)C)C3CC21. The smallest absolute Gasteiger partial charge is 0.255 e. The van der Waals surface area contributed by atoms with Crippen molar-refractivity contribution in [2.75, 3.05) is 14.1 Å². The number of primary amides is 1. The van der Waals surface area contributed by atoms with Gasteiger partial charge >= 0.3 is 0 Å². The zero-order valence-corrected chi connectivity index (χ0v) is 20.7. The number of allylic oxidation sites excluding steroid dienone is 1. The highest BCUT2D eigenvalue weighted by Gasteiger charge is 2.63. The van der Waals surface area contributed by atoms with E-state index < -0.39 is 63.5 Å². The Balaban J connectivity index is 2.00. The maximum Gasteiger partial charge on any atom is 0.255 e. The maximum absolute atomic E-state index is 13.8. The van der Waals surface area contributed by atoms with Crippen molar-refractivity contribution in [3.63, 3.8) is 0 Å². The highest BCUT2D eigenvalue weighted by atomic mass is 16.3. The third kappa shape index (κ3) is 3.18. The molecule has 9 nitrogen and oxygen atoms in total. The van der Waals surface area contributed by atoms with E-state index >= 15 is 0 Å². The molecule has 6 N–H and O–H groups in total. The molecule has 188 valence electrons. The van der Waals surface area contributed by atoms with Gasteiger partial charge in [0.1, 0.15) is 22.8 Å². The van der Waals surface area contributed by atoms with Gasteiger partial charge in [-0.05, 0) is 43.3 Å². The molecular weight excluding hydrogens is 452 g/mol. The van der Waals surface area contributed by atoms with Crippen molar-refractivity contribution in [2.24, 2.45) is 17.6 Å². The predicted molar refractivity (Wildman–Crippen MR) is 127 cm³/mol. The van der Waals surface area contributed by atoms with Crippen LogP contribution in [0, 0.1) is 11.8 Å². The minimum atomic E-state index is -2.64. The van der Waals surface area contributed by atoms with E-state index in [1.54, 1.807) is 26.2 Å². The van der Waals surface area contributed by atoms with E-state index in [2.05, 4.69) is 0 Å². The van der Waals surface area contributed by atoms with Gasteiger partial charge in [0, 0.05) is 17.1 Å². The number of aliphatic hydroxyl groups is 3. The van der Waals surface area contributed by atoms with Crippen molar-refractivity contribution in [1.29, 1.82) is 0 Å². The fourth-order valence-electron chi connectivity index (χ4n) is 6.15. The van der Waals surface area contributed by atoms with Crippen LogP contribution in [0.3, 0.4) is 0 Å². The van der Waals surface area contributed by atoms with Gasteiger partial charge in [0.05, 0.1) is 11.6 Å². The zero-order valence-electron chi connectivity index (χ0n) is 20.7. The molecule has 35 heavy (non-hydrogen) atoms. The first kappa shape index (κ1) is 24.9. The Morgan fingerprint density at radius 1 is 1.14 bits per heavy atom. The second kappa shape index (κ2) is 7.66. The molecule has 1 aromatic carbocycles. The highest BCUT2D eigenvalue weighted by Crippen LogP contribution is 2.56. The Labute approximate surface area is 203 Å². The molecule has 0 saturated heterocycles. The second-order valence-electron chi connectivity index (χ2n) is 11.1. The van der Waals surface area contributed by atoms with E-state index in [0.717, 1.165) is 0 Å². The van der Waals surface area contributed by atoms with E-state index in [9.17, 15) is 34.8 Å². The number of amides is 1. The summed E-state index contributed by atoms with van der Waals surface area (Å²) in [6, 6.07) is 2.57. The number of hydrogen-bond acceptors (Lipinski definition) is 8. The van der Waals surface area contributed by atoms with Crippen LogP contribution in [0.4, 0.5) is 0 Å². The summed E-state index contributed by atoms with van der Waals surface area (Å²) in [5.74, 6) is -6.79. The fourth-order valence-corrected chi connectivity index (χ4v) is 6.15. The number of aliphatic hydroxyl groups excluding tert-OH is 2. The monoisotopic (exact) mass is 484 g/mol. The quantitative estimate of drug-likeness (QED) is 0.398. The van der Waals surface area contributed by atoms with Crippen LogP contribution in [0.15, 0.2) is 34.8 Å². The van der Waals surface area contributed by atoms with Crippen LogP contribution in [0.1, 0.15) is 61.5 Å². The number of nitrogens with zero attached hydrogens (tertiary/aromatic N) is 1. The van der Waals surface area contributed by atoms with Gasteiger partial charge < -0.3 is 26.2 Å². The fraction of sp³-hybridized carbons (Fsp3) is 0.500. The molecule has 1 aromatic rings. The molecular formula is C26H32N2O7. The van der Waals surface area contributed by atoms with E-state index in [4.69, 9.17) is 5.73 Å². The number of carbonyl (C=O) groups is 3. The second-order valence-corrected chi connectivity index (χ2v) is 11.1. The average Bonchev–Trinajstić information content (AvgIpc) is 2.72. The summed E-state index contributed by atoms with van der Waals surface area (Å²) in [5.41, 5.74) is 2.46. The number of nitrogens with two attached hydrogens (primary N) is 1. The largest absolute Gasteiger partial charge is 0.510 e. The molecule has 5 unspecified atom stereocenters. The molecule has 0 aromatic heterocycles. The molecule has 3 aliphatic rings. The van der Waals surface area contributed by atoms with Gasteiger partial charge in [-0.1, -0.05) is 39.8 Å². The van der Waals surface area contributed by atoms with Gasteiger partial charge in [-0.2, -0.15) is 0 Å². The number of carbonyl (C=O) groups excluding carboxylic acids is 3. The lowest BCUT2D eigenvalue weighted by molar-refractivity contribution is -0.148.